The lowest BCUT2D eigenvalue weighted by Crippen LogP contribution is -2.23. The zero-order valence-electron chi connectivity index (χ0n) is 7.76. The van der Waals surface area contributed by atoms with Crippen LogP contribution in [0.15, 0.2) is 18.2 Å². The highest BCUT2D eigenvalue weighted by atomic mass is 35.5. The summed E-state index contributed by atoms with van der Waals surface area (Å²) in [5.41, 5.74) is 0.576. The average Bonchev–Trinajstić information content (AvgIpc) is 2.26. The number of rotatable bonds is 3. The number of halogens is 2. The quantitative estimate of drug-likeness (QED) is 0.796. The lowest BCUT2D eigenvalue weighted by Gasteiger charge is -2.03. The summed E-state index contributed by atoms with van der Waals surface area (Å²) in [4.78, 5) is 10.8. The minimum Gasteiger partial charge on any atom is -0.351 e. The molecule has 0 bridgehead atoms. The predicted octanol–water partition coefficient (Wildman–Crippen LogP) is 1.55. The Bertz CT molecular complexity index is 414. The van der Waals surface area contributed by atoms with E-state index in [2.05, 4.69) is 5.32 Å². The highest BCUT2D eigenvalue weighted by molar-refractivity contribution is 6.27. The molecule has 0 aliphatic rings. The molecule has 0 atom stereocenters. The van der Waals surface area contributed by atoms with Gasteiger partial charge in [-0.3, -0.25) is 4.79 Å². The number of hydrogen-bond acceptors (Lipinski definition) is 2. The fraction of sp³-hybridized carbons (Fsp3) is 0.200. The van der Waals surface area contributed by atoms with Crippen LogP contribution in [0.25, 0.3) is 0 Å². The zero-order valence-corrected chi connectivity index (χ0v) is 8.51. The van der Waals surface area contributed by atoms with Crippen LogP contribution < -0.4 is 5.32 Å². The molecular weight excluding hydrogens is 219 g/mol. The van der Waals surface area contributed by atoms with E-state index in [1.54, 1.807) is 12.1 Å². The molecule has 78 valence electrons. The van der Waals surface area contributed by atoms with E-state index in [-0.39, 0.29) is 23.9 Å². The van der Waals surface area contributed by atoms with Crippen molar-refractivity contribution in [3.8, 4) is 6.07 Å². The Morgan fingerprint density at radius 2 is 2.33 bits per heavy atom. The van der Waals surface area contributed by atoms with E-state index in [4.69, 9.17) is 16.9 Å². The summed E-state index contributed by atoms with van der Waals surface area (Å²) in [6.45, 7) is 0.203. The smallest absolute Gasteiger partial charge is 0.235 e. The van der Waals surface area contributed by atoms with Gasteiger partial charge in [0, 0.05) is 6.54 Å². The Morgan fingerprint density at radius 3 is 2.87 bits per heavy atom. The van der Waals surface area contributed by atoms with Crippen LogP contribution in [0.5, 0.6) is 0 Å². The van der Waals surface area contributed by atoms with Gasteiger partial charge in [-0.1, -0.05) is 6.07 Å². The molecule has 0 aliphatic heterocycles. The minimum atomic E-state index is -0.588. The van der Waals surface area contributed by atoms with Crippen molar-refractivity contribution in [2.75, 3.05) is 5.88 Å². The maximum atomic E-state index is 13.1. The average molecular weight is 227 g/mol. The topological polar surface area (TPSA) is 52.9 Å². The molecule has 1 aromatic rings. The third kappa shape index (κ3) is 3.22. The number of nitrogens with one attached hydrogen (secondary N) is 1. The second-order valence-corrected chi connectivity index (χ2v) is 3.10. The van der Waals surface area contributed by atoms with Crippen LogP contribution in [0.2, 0.25) is 0 Å². The molecule has 0 heterocycles. The molecule has 0 unspecified atom stereocenters. The summed E-state index contributed by atoms with van der Waals surface area (Å²) in [5.74, 6) is -1.03. The molecule has 0 saturated heterocycles. The molecule has 3 nitrogen and oxygen atoms in total. The van der Waals surface area contributed by atoms with Crippen molar-refractivity contribution in [1.82, 2.24) is 5.32 Å². The fourth-order valence-corrected chi connectivity index (χ4v) is 1.10. The van der Waals surface area contributed by atoms with Crippen molar-refractivity contribution in [3.63, 3.8) is 0 Å². The SMILES string of the molecule is N#Cc1ccc(CNC(=O)CCl)cc1F. The lowest BCUT2D eigenvalue weighted by molar-refractivity contribution is -0.118. The number of carbonyl (C=O) groups is 1. The third-order valence-corrected chi connectivity index (χ3v) is 2.01. The van der Waals surface area contributed by atoms with Gasteiger partial charge < -0.3 is 5.32 Å². The zero-order chi connectivity index (χ0) is 11.3. The van der Waals surface area contributed by atoms with Crippen LogP contribution >= 0.6 is 11.6 Å². The van der Waals surface area contributed by atoms with Crippen LogP contribution in [-0.2, 0) is 11.3 Å². The van der Waals surface area contributed by atoms with Gasteiger partial charge in [0.2, 0.25) is 5.91 Å². The van der Waals surface area contributed by atoms with Crippen molar-refractivity contribution in [3.05, 3.63) is 35.1 Å². The molecule has 15 heavy (non-hydrogen) atoms. The minimum absolute atomic E-state index is 0.0116. The van der Waals surface area contributed by atoms with Gasteiger partial charge in [-0.05, 0) is 17.7 Å². The van der Waals surface area contributed by atoms with Crippen LogP contribution in [0.3, 0.4) is 0 Å². The summed E-state index contributed by atoms with van der Waals surface area (Å²) in [6, 6.07) is 5.88. The molecular formula is C10H8ClFN2O. The highest BCUT2D eigenvalue weighted by Gasteiger charge is 2.03. The van der Waals surface area contributed by atoms with E-state index in [1.807, 2.05) is 0 Å². The number of nitriles is 1. The number of carbonyl (C=O) groups excluding carboxylic acids is 1. The molecule has 1 aromatic carbocycles. The summed E-state index contributed by atoms with van der Waals surface area (Å²) in [5, 5.41) is 11.0. The van der Waals surface area contributed by atoms with Gasteiger partial charge in [0.05, 0.1) is 5.56 Å². The molecule has 0 aromatic heterocycles. The summed E-state index contributed by atoms with van der Waals surface area (Å²) in [6.07, 6.45) is 0. The molecule has 0 radical (unpaired) electrons. The maximum Gasteiger partial charge on any atom is 0.235 e. The van der Waals surface area contributed by atoms with Crippen molar-refractivity contribution in [2.24, 2.45) is 0 Å². The summed E-state index contributed by atoms with van der Waals surface area (Å²) < 4.78 is 13.1. The van der Waals surface area contributed by atoms with Gasteiger partial charge >= 0.3 is 0 Å². The number of hydrogen-bond donors (Lipinski definition) is 1. The van der Waals surface area contributed by atoms with Gasteiger partial charge in [-0.2, -0.15) is 5.26 Å². The summed E-state index contributed by atoms with van der Waals surface area (Å²) >= 11 is 5.27. The normalized spacial score (nSPS) is 9.40. The van der Waals surface area contributed by atoms with Gasteiger partial charge in [-0.15, -0.1) is 11.6 Å². The van der Waals surface area contributed by atoms with Crippen molar-refractivity contribution in [2.45, 2.75) is 6.54 Å². The van der Waals surface area contributed by atoms with E-state index in [0.717, 1.165) is 0 Å². The first-order valence-corrected chi connectivity index (χ1v) is 4.72. The second kappa shape index (κ2) is 5.32. The standard InChI is InChI=1S/C10H8ClFN2O/c11-4-10(15)14-6-7-1-2-8(5-13)9(12)3-7/h1-3H,4,6H2,(H,14,15). The molecule has 0 aliphatic carbocycles. The van der Waals surface area contributed by atoms with Gasteiger partial charge in [-0.25, -0.2) is 4.39 Å². The van der Waals surface area contributed by atoms with E-state index < -0.39 is 5.82 Å². The van der Waals surface area contributed by atoms with Gasteiger partial charge in [0.1, 0.15) is 17.8 Å². The van der Waals surface area contributed by atoms with E-state index >= 15 is 0 Å². The third-order valence-electron chi connectivity index (χ3n) is 1.76. The Hall–Kier alpha value is -1.60. The molecule has 0 saturated carbocycles. The maximum absolute atomic E-state index is 13.1. The Kier molecular flexibility index (Phi) is 4.07. The number of benzene rings is 1. The summed E-state index contributed by atoms with van der Waals surface area (Å²) in [7, 11) is 0. The molecule has 1 rings (SSSR count). The number of alkyl halides is 1. The Labute approximate surface area is 91.5 Å². The molecule has 0 spiro atoms. The van der Waals surface area contributed by atoms with Gasteiger partial charge in [0.25, 0.3) is 0 Å². The molecule has 5 heteroatoms. The van der Waals surface area contributed by atoms with Crippen molar-refractivity contribution >= 4 is 17.5 Å². The Morgan fingerprint density at radius 1 is 1.60 bits per heavy atom. The van der Waals surface area contributed by atoms with E-state index in [0.29, 0.717) is 5.56 Å². The first-order chi connectivity index (χ1) is 7.17. The van der Waals surface area contributed by atoms with E-state index in [9.17, 15) is 9.18 Å². The predicted molar refractivity (Wildman–Crippen MR) is 53.7 cm³/mol. The van der Waals surface area contributed by atoms with Gasteiger partial charge in [0.15, 0.2) is 0 Å². The van der Waals surface area contributed by atoms with Crippen LogP contribution in [0, 0.1) is 17.1 Å². The van der Waals surface area contributed by atoms with Crippen LogP contribution in [0.4, 0.5) is 4.39 Å². The van der Waals surface area contributed by atoms with Crippen LogP contribution in [-0.4, -0.2) is 11.8 Å². The lowest BCUT2D eigenvalue weighted by atomic mass is 10.1. The first-order valence-electron chi connectivity index (χ1n) is 4.18. The number of nitrogens with zero attached hydrogens (tertiary/aromatic N) is 1. The largest absolute Gasteiger partial charge is 0.351 e. The second-order valence-electron chi connectivity index (χ2n) is 2.84. The first kappa shape index (κ1) is 11.5. The molecule has 1 amide bonds. The molecule has 0 fully saturated rings. The number of amides is 1. The fourth-order valence-electron chi connectivity index (χ4n) is 1.01. The Balaban J connectivity index is 2.68. The van der Waals surface area contributed by atoms with Crippen molar-refractivity contribution < 1.29 is 9.18 Å². The van der Waals surface area contributed by atoms with Crippen molar-refractivity contribution in [1.29, 1.82) is 5.26 Å². The highest BCUT2D eigenvalue weighted by Crippen LogP contribution is 2.09. The monoisotopic (exact) mass is 226 g/mol. The van der Waals surface area contributed by atoms with Crippen LogP contribution in [0.1, 0.15) is 11.1 Å². The van der Waals surface area contributed by atoms with E-state index in [1.165, 1.54) is 12.1 Å². The molecule has 1 N–H and O–H groups in total.